The molecule has 0 amide bonds. The summed E-state index contributed by atoms with van der Waals surface area (Å²) < 4.78 is 7.50. The van der Waals surface area contributed by atoms with Crippen LogP contribution in [0.5, 0.6) is 0 Å². The van der Waals surface area contributed by atoms with Crippen LogP contribution in [-0.2, 0) is 11.3 Å². The van der Waals surface area contributed by atoms with Crippen molar-refractivity contribution in [1.29, 1.82) is 0 Å². The molecule has 29 heavy (non-hydrogen) atoms. The number of nitrogens with zero attached hydrogens (tertiary/aromatic N) is 1. The molecule has 1 atom stereocenters. The molecule has 150 valence electrons. The third-order valence-electron chi connectivity index (χ3n) is 5.07. The highest BCUT2D eigenvalue weighted by atomic mass is 35.5. The fourth-order valence-corrected chi connectivity index (χ4v) is 5.32. The van der Waals surface area contributed by atoms with E-state index in [2.05, 4.69) is 16.4 Å². The number of halogens is 3. The van der Waals surface area contributed by atoms with Gasteiger partial charge in [-0.15, -0.1) is 11.3 Å². The maximum atomic E-state index is 6.50. The summed E-state index contributed by atoms with van der Waals surface area (Å²) in [6.45, 7) is 0.501. The minimum absolute atomic E-state index is 0.124. The molecule has 0 saturated heterocycles. The highest BCUT2D eigenvalue weighted by Crippen LogP contribution is 2.36. The van der Waals surface area contributed by atoms with Gasteiger partial charge < -0.3 is 4.74 Å². The van der Waals surface area contributed by atoms with Crippen LogP contribution in [0, 0.1) is 0 Å². The Bertz CT molecular complexity index is 1070. The van der Waals surface area contributed by atoms with Crippen LogP contribution in [0.2, 0.25) is 15.1 Å². The van der Waals surface area contributed by atoms with Crippen molar-refractivity contribution in [3.8, 4) is 0 Å². The lowest BCUT2D eigenvalue weighted by Crippen LogP contribution is -2.07. The molecule has 6 heteroatoms. The van der Waals surface area contributed by atoms with E-state index in [1.807, 2.05) is 36.7 Å². The summed E-state index contributed by atoms with van der Waals surface area (Å²) in [4.78, 5) is 4.28. The SMILES string of the molecule is Clc1ccc([C@@H](CCC2=CN=CCC2)OCc2csc3c(Cl)cccc23)c(Cl)c1. The van der Waals surface area contributed by atoms with E-state index in [4.69, 9.17) is 39.5 Å². The molecule has 4 rings (SSSR count). The number of benzene rings is 2. The van der Waals surface area contributed by atoms with Crippen LogP contribution in [0.15, 0.2) is 58.5 Å². The zero-order valence-electron chi connectivity index (χ0n) is 15.7. The molecular weight excluding hydrogens is 445 g/mol. The highest BCUT2D eigenvalue weighted by Gasteiger charge is 2.18. The highest BCUT2D eigenvalue weighted by molar-refractivity contribution is 7.18. The largest absolute Gasteiger partial charge is 0.369 e. The minimum atomic E-state index is -0.124. The van der Waals surface area contributed by atoms with E-state index < -0.39 is 0 Å². The number of allylic oxidation sites excluding steroid dienone is 1. The number of rotatable bonds is 7. The van der Waals surface area contributed by atoms with Crippen LogP contribution >= 0.6 is 46.1 Å². The molecular formula is C23H20Cl3NOS. The van der Waals surface area contributed by atoms with E-state index in [1.54, 1.807) is 17.4 Å². The van der Waals surface area contributed by atoms with Gasteiger partial charge in [-0.05, 0) is 65.8 Å². The average Bonchev–Trinajstić information content (AvgIpc) is 3.14. The number of aliphatic imine (C=N–C) groups is 1. The van der Waals surface area contributed by atoms with Crippen LogP contribution in [0.1, 0.15) is 42.9 Å². The summed E-state index contributed by atoms with van der Waals surface area (Å²) in [5, 5.41) is 5.31. The quantitative estimate of drug-likeness (QED) is 0.343. The van der Waals surface area contributed by atoms with Crippen molar-refractivity contribution < 1.29 is 4.74 Å². The molecule has 3 aromatic rings. The Kier molecular flexibility index (Phi) is 6.94. The van der Waals surface area contributed by atoms with E-state index >= 15 is 0 Å². The Morgan fingerprint density at radius 1 is 1.10 bits per heavy atom. The van der Waals surface area contributed by atoms with E-state index in [0.29, 0.717) is 16.7 Å². The minimum Gasteiger partial charge on any atom is -0.369 e. The second kappa shape index (κ2) is 9.63. The Balaban J connectivity index is 1.54. The lowest BCUT2D eigenvalue weighted by Gasteiger charge is -2.21. The fraction of sp³-hybridized carbons (Fsp3) is 0.261. The maximum Gasteiger partial charge on any atom is 0.0847 e. The van der Waals surface area contributed by atoms with Crippen molar-refractivity contribution in [2.24, 2.45) is 4.99 Å². The van der Waals surface area contributed by atoms with Gasteiger partial charge in [0.05, 0.1) is 22.4 Å². The van der Waals surface area contributed by atoms with Gasteiger partial charge >= 0.3 is 0 Å². The predicted molar refractivity (Wildman–Crippen MR) is 126 cm³/mol. The van der Waals surface area contributed by atoms with Crippen LogP contribution in [0.4, 0.5) is 0 Å². The van der Waals surface area contributed by atoms with Gasteiger partial charge in [0.1, 0.15) is 0 Å². The molecule has 0 radical (unpaired) electrons. The predicted octanol–water partition coefficient (Wildman–Crippen LogP) is 8.65. The molecule has 2 nitrogen and oxygen atoms in total. The van der Waals surface area contributed by atoms with Crippen LogP contribution in [0.3, 0.4) is 0 Å². The summed E-state index contributed by atoms with van der Waals surface area (Å²) in [6, 6.07) is 11.6. The van der Waals surface area contributed by atoms with Crippen LogP contribution in [-0.4, -0.2) is 6.21 Å². The van der Waals surface area contributed by atoms with Crippen molar-refractivity contribution in [1.82, 2.24) is 0 Å². The lowest BCUT2D eigenvalue weighted by molar-refractivity contribution is 0.0348. The molecule has 0 saturated carbocycles. The fourth-order valence-electron chi connectivity index (χ4n) is 3.52. The van der Waals surface area contributed by atoms with Crippen molar-refractivity contribution in [3.63, 3.8) is 0 Å². The smallest absolute Gasteiger partial charge is 0.0847 e. The molecule has 1 aromatic heterocycles. The van der Waals surface area contributed by atoms with Crippen molar-refractivity contribution in [2.45, 2.75) is 38.4 Å². The second-order valence-corrected chi connectivity index (χ2v) is 9.17. The first-order valence-corrected chi connectivity index (χ1v) is 11.5. The van der Waals surface area contributed by atoms with Gasteiger partial charge in [-0.1, -0.05) is 58.6 Å². The molecule has 0 aliphatic carbocycles. The number of hydrogen-bond acceptors (Lipinski definition) is 3. The first-order chi connectivity index (χ1) is 14.1. The monoisotopic (exact) mass is 463 g/mol. The van der Waals surface area contributed by atoms with Crippen LogP contribution in [0.25, 0.3) is 10.1 Å². The van der Waals surface area contributed by atoms with Gasteiger partial charge in [-0.2, -0.15) is 0 Å². The molecule has 0 unspecified atom stereocenters. The van der Waals surface area contributed by atoms with E-state index in [1.165, 1.54) is 5.57 Å². The summed E-state index contributed by atoms with van der Waals surface area (Å²) >= 11 is 20.6. The van der Waals surface area contributed by atoms with Crippen molar-refractivity contribution in [2.75, 3.05) is 0 Å². The molecule has 1 aliphatic heterocycles. The van der Waals surface area contributed by atoms with Gasteiger partial charge in [-0.25, -0.2) is 0 Å². The molecule has 2 aromatic carbocycles. The number of hydrogen-bond donors (Lipinski definition) is 0. The van der Waals surface area contributed by atoms with E-state index in [0.717, 1.165) is 51.9 Å². The molecule has 1 aliphatic rings. The van der Waals surface area contributed by atoms with E-state index in [9.17, 15) is 0 Å². The van der Waals surface area contributed by atoms with E-state index in [-0.39, 0.29) is 6.10 Å². The molecule has 2 heterocycles. The molecule has 0 fully saturated rings. The average molecular weight is 465 g/mol. The standard InChI is InChI=1S/C23H20Cl3NOS/c24-17-7-8-19(21(26)11-17)22(9-6-15-3-2-10-27-12-15)28-13-16-14-29-23-18(16)4-1-5-20(23)25/h1,4-5,7-8,10-12,14,22H,2-3,6,9,13H2/t22-/m1/s1. The maximum absolute atomic E-state index is 6.50. The topological polar surface area (TPSA) is 21.6 Å². The summed E-state index contributed by atoms with van der Waals surface area (Å²) in [5.74, 6) is 0. The molecule has 0 bridgehead atoms. The molecule has 0 N–H and O–H groups in total. The third kappa shape index (κ3) is 5.04. The Morgan fingerprint density at radius 3 is 2.79 bits per heavy atom. The van der Waals surface area contributed by atoms with Gasteiger partial charge in [-0.3, -0.25) is 4.99 Å². The summed E-state index contributed by atoms with van der Waals surface area (Å²) in [7, 11) is 0. The Hall–Kier alpha value is -1.36. The number of thiophene rings is 1. The zero-order valence-corrected chi connectivity index (χ0v) is 18.8. The van der Waals surface area contributed by atoms with Crippen molar-refractivity contribution in [3.05, 3.63) is 79.7 Å². The van der Waals surface area contributed by atoms with Crippen molar-refractivity contribution >= 4 is 62.4 Å². The third-order valence-corrected chi connectivity index (χ3v) is 7.13. The molecule has 0 spiro atoms. The second-order valence-electron chi connectivity index (χ2n) is 7.04. The van der Waals surface area contributed by atoms with Gasteiger partial charge in [0.2, 0.25) is 0 Å². The number of fused-ring (bicyclic) bond motifs is 1. The van der Waals surface area contributed by atoms with Gasteiger partial charge in [0, 0.05) is 22.5 Å². The van der Waals surface area contributed by atoms with Crippen LogP contribution < -0.4 is 0 Å². The Morgan fingerprint density at radius 2 is 2.00 bits per heavy atom. The normalized spacial score (nSPS) is 14.9. The first kappa shape index (κ1) is 20.9. The summed E-state index contributed by atoms with van der Waals surface area (Å²) in [6.07, 6.45) is 7.63. The summed E-state index contributed by atoms with van der Waals surface area (Å²) in [5.41, 5.74) is 3.46. The Labute approximate surface area is 189 Å². The lowest BCUT2D eigenvalue weighted by atomic mass is 9.98. The number of ether oxygens (including phenoxy) is 1. The zero-order chi connectivity index (χ0) is 20.2. The van der Waals surface area contributed by atoms with Gasteiger partial charge in [0.25, 0.3) is 0 Å². The first-order valence-electron chi connectivity index (χ1n) is 9.52. The van der Waals surface area contributed by atoms with Gasteiger partial charge in [0.15, 0.2) is 0 Å².